The first-order valence-corrected chi connectivity index (χ1v) is 8.73. The van der Waals surface area contributed by atoms with E-state index >= 15 is 0 Å². The van der Waals surface area contributed by atoms with Crippen molar-refractivity contribution in [1.29, 1.82) is 0 Å². The van der Waals surface area contributed by atoms with E-state index in [1.54, 1.807) is 41.5 Å². The molecule has 8 heteroatoms. The highest BCUT2D eigenvalue weighted by Crippen LogP contribution is 2.39. The lowest BCUT2D eigenvalue weighted by atomic mass is 9.97. The molecule has 0 bridgehead atoms. The van der Waals surface area contributed by atoms with E-state index < -0.39 is 34.9 Å². The third-order valence-corrected chi connectivity index (χ3v) is 3.94. The Morgan fingerprint density at radius 2 is 1.79 bits per heavy atom. The van der Waals surface area contributed by atoms with Gasteiger partial charge >= 0.3 is 12.1 Å². The first-order chi connectivity index (χ1) is 10.8. The molecule has 0 aromatic carbocycles. The minimum absolute atomic E-state index is 0.227. The summed E-state index contributed by atoms with van der Waals surface area (Å²) in [6, 6.07) is -0.757. The largest absolute Gasteiger partial charge is 0.458 e. The fourth-order valence-electron chi connectivity index (χ4n) is 2.71. The van der Waals surface area contributed by atoms with E-state index in [4.69, 9.17) is 14.3 Å². The molecular weight excluding hydrogens is 380 g/mol. The molecule has 136 valence electrons. The Morgan fingerprint density at radius 1 is 1.21 bits per heavy atom. The summed E-state index contributed by atoms with van der Waals surface area (Å²) in [5.74, 6) is -0.461. The maximum absolute atomic E-state index is 12.6. The zero-order valence-corrected chi connectivity index (χ0v) is 16.6. The molecule has 0 unspecified atom stereocenters. The predicted octanol–water partition coefficient (Wildman–Crippen LogP) is 3.21. The molecule has 2 rings (SSSR count). The van der Waals surface area contributed by atoms with Crippen LogP contribution in [0.1, 0.15) is 54.4 Å². The van der Waals surface area contributed by atoms with E-state index in [2.05, 4.69) is 21.1 Å². The Kier molecular flexibility index (Phi) is 4.92. The van der Waals surface area contributed by atoms with Crippen molar-refractivity contribution in [2.45, 2.75) is 77.2 Å². The van der Waals surface area contributed by atoms with Gasteiger partial charge in [-0.25, -0.2) is 9.59 Å². The molecular formula is C16H25BrN2O5. The number of rotatable bonds is 1. The van der Waals surface area contributed by atoms with Gasteiger partial charge in [-0.1, -0.05) is 5.16 Å². The number of hydrogen-bond donors (Lipinski definition) is 0. The van der Waals surface area contributed by atoms with Gasteiger partial charge in [-0.2, -0.15) is 0 Å². The minimum Gasteiger partial charge on any atom is -0.458 e. The average molecular weight is 405 g/mol. The standard InChI is InChI=1S/C16H25BrN2O5/c1-14(2,3)22-12(20)10-7-16(8-11(17)18-24-16)9-19(10)13(21)23-15(4,5)6/h10H,7-9H2,1-6H3/t10-,16+/m1/s1. The van der Waals surface area contributed by atoms with Crippen LogP contribution in [0.3, 0.4) is 0 Å². The summed E-state index contributed by atoms with van der Waals surface area (Å²) in [6.45, 7) is 10.9. The van der Waals surface area contributed by atoms with Crippen molar-refractivity contribution in [2.24, 2.45) is 5.16 Å². The number of hydrogen-bond acceptors (Lipinski definition) is 6. The van der Waals surface area contributed by atoms with Crippen molar-refractivity contribution < 1.29 is 23.9 Å². The Hall–Kier alpha value is -1.31. The monoisotopic (exact) mass is 404 g/mol. The van der Waals surface area contributed by atoms with Crippen molar-refractivity contribution in [2.75, 3.05) is 6.54 Å². The lowest BCUT2D eigenvalue weighted by Gasteiger charge is -2.29. The van der Waals surface area contributed by atoms with Crippen LogP contribution in [-0.4, -0.2) is 51.0 Å². The van der Waals surface area contributed by atoms with E-state index in [0.717, 1.165) is 0 Å². The van der Waals surface area contributed by atoms with E-state index in [-0.39, 0.29) is 6.54 Å². The normalized spacial score (nSPS) is 27.0. The lowest BCUT2D eigenvalue weighted by Crippen LogP contribution is -2.46. The van der Waals surface area contributed by atoms with Crippen LogP contribution in [0.2, 0.25) is 0 Å². The number of ether oxygens (including phenoxy) is 2. The molecule has 0 aromatic rings. The second-order valence-electron chi connectivity index (χ2n) is 8.28. The molecule has 1 fully saturated rings. The predicted molar refractivity (Wildman–Crippen MR) is 92.0 cm³/mol. The highest BCUT2D eigenvalue weighted by atomic mass is 79.9. The summed E-state index contributed by atoms with van der Waals surface area (Å²) < 4.78 is 11.6. The van der Waals surface area contributed by atoms with Crippen LogP contribution < -0.4 is 0 Å². The molecule has 24 heavy (non-hydrogen) atoms. The van der Waals surface area contributed by atoms with Gasteiger partial charge in [-0.05, 0) is 57.5 Å². The molecule has 0 saturated carbocycles. The molecule has 2 atom stereocenters. The summed E-state index contributed by atoms with van der Waals surface area (Å²) in [6.07, 6.45) is 0.271. The third kappa shape index (κ3) is 4.62. The van der Waals surface area contributed by atoms with Gasteiger partial charge in [0.25, 0.3) is 0 Å². The van der Waals surface area contributed by atoms with Gasteiger partial charge in [-0.15, -0.1) is 0 Å². The molecule has 2 aliphatic rings. The first kappa shape index (κ1) is 19.0. The molecule has 0 radical (unpaired) electrons. The number of esters is 1. The number of oxime groups is 1. The number of halogens is 1. The summed E-state index contributed by atoms with van der Waals surface area (Å²) in [5, 5.41) is 3.91. The number of carbonyl (C=O) groups excluding carboxylic acids is 2. The van der Waals surface area contributed by atoms with Crippen LogP contribution >= 0.6 is 15.9 Å². The fourth-order valence-corrected chi connectivity index (χ4v) is 3.29. The van der Waals surface area contributed by atoms with Crippen LogP contribution in [0.25, 0.3) is 0 Å². The SMILES string of the molecule is CC(C)(C)OC(=O)[C@H]1C[C@]2(CC(Br)=NO2)CN1C(=O)OC(C)(C)C. The van der Waals surface area contributed by atoms with Crippen molar-refractivity contribution >= 4 is 32.6 Å². The maximum atomic E-state index is 12.6. The summed E-state index contributed by atoms with van der Waals surface area (Å²) >= 11 is 3.31. The van der Waals surface area contributed by atoms with Gasteiger partial charge in [-0.3, -0.25) is 4.90 Å². The van der Waals surface area contributed by atoms with Crippen molar-refractivity contribution in [3.05, 3.63) is 0 Å². The van der Waals surface area contributed by atoms with Crippen LogP contribution in [0.5, 0.6) is 0 Å². The number of amides is 1. The molecule has 2 heterocycles. The first-order valence-electron chi connectivity index (χ1n) is 7.93. The maximum Gasteiger partial charge on any atom is 0.411 e. The molecule has 0 aromatic heterocycles. The molecule has 2 aliphatic heterocycles. The zero-order chi connectivity index (χ0) is 18.3. The van der Waals surface area contributed by atoms with Crippen molar-refractivity contribution in [3.8, 4) is 0 Å². The van der Waals surface area contributed by atoms with Crippen LogP contribution in [0.15, 0.2) is 5.16 Å². The quantitative estimate of drug-likeness (QED) is 0.627. The molecule has 1 amide bonds. The van der Waals surface area contributed by atoms with Crippen LogP contribution in [-0.2, 0) is 19.1 Å². The molecule has 1 saturated heterocycles. The smallest absolute Gasteiger partial charge is 0.411 e. The Morgan fingerprint density at radius 3 is 2.25 bits per heavy atom. The molecule has 0 aliphatic carbocycles. The fraction of sp³-hybridized carbons (Fsp3) is 0.812. The van der Waals surface area contributed by atoms with Gasteiger partial charge in [0, 0.05) is 12.8 Å². The van der Waals surface area contributed by atoms with Gasteiger partial charge in [0.15, 0.2) is 5.60 Å². The zero-order valence-electron chi connectivity index (χ0n) is 15.0. The number of nitrogens with zero attached hydrogens (tertiary/aromatic N) is 2. The topological polar surface area (TPSA) is 77.4 Å². The average Bonchev–Trinajstić information content (AvgIpc) is 2.90. The Labute approximate surface area is 150 Å². The lowest BCUT2D eigenvalue weighted by molar-refractivity contribution is -0.160. The summed E-state index contributed by atoms with van der Waals surface area (Å²) in [5.41, 5.74) is -2.00. The minimum atomic E-state index is -0.757. The second-order valence-corrected chi connectivity index (χ2v) is 9.20. The van der Waals surface area contributed by atoms with Crippen molar-refractivity contribution in [3.63, 3.8) is 0 Å². The van der Waals surface area contributed by atoms with Crippen molar-refractivity contribution in [1.82, 2.24) is 4.90 Å². The molecule has 1 spiro atoms. The summed E-state index contributed by atoms with van der Waals surface area (Å²) in [7, 11) is 0. The van der Waals surface area contributed by atoms with Gasteiger partial charge in [0.05, 0.1) is 6.54 Å². The highest BCUT2D eigenvalue weighted by molar-refractivity contribution is 9.18. The van der Waals surface area contributed by atoms with Gasteiger partial charge < -0.3 is 14.3 Å². The van der Waals surface area contributed by atoms with E-state index in [9.17, 15) is 9.59 Å². The second kappa shape index (κ2) is 6.20. The Bertz CT molecular complexity index is 526. The third-order valence-electron chi connectivity index (χ3n) is 3.51. The Balaban J connectivity index is 2.20. The molecule has 0 N–H and O–H groups in total. The van der Waals surface area contributed by atoms with E-state index in [1.165, 1.54) is 4.90 Å². The van der Waals surface area contributed by atoms with E-state index in [0.29, 0.717) is 17.5 Å². The number of carbonyl (C=O) groups is 2. The molecule has 7 nitrogen and oxygen atoms in total. The summed E-state index contributed by atoms with van der Waals surface area (Å²) in [4.78, 5) is 32.0. The van der Waals surface area contributed by atoms with Gasteiger partial charge in [0.2, 0.25) is 0 Å². The van der Waals surface area contributed by atoms with E-state index in [1.807, 2.05) is 0 Å². The highest BCUT2D eigenvalue weighted by Gasteiger charge is 2.55. The number of likely N-dealkylation sites (tertiary alicyclic amines) is 1. The van der Waals surface area contributed by atoms with Crippen LogP contribution in [0.4, 0.5) is 4.79 Å². The van der Waals surface area contributed by atoms with Gasteiger partial charge in [0.1, 0.15) is 21.9 Å². The van der Waals surface area contributed by atoms with Crippen LogP contribution in [0, 0.1) is 0 Å².